The van der Waals surface area contributed by atoms with E-state index in [1.165, 1.54) is 4.90 Å². The van der Waals surface area contributed by atoms with E-state index in [-0.39, 0.29) is 5.70 Å². The Hall–Kier alpha value is -4.19. The molecule has 3 aromatic rings. The van der Waals surface area contributed by atoms with Crippen molar-refractivity contribution in [2.75, 3.05) is 11.9 Å². The van der Waals surface area contributed by atoms with Crippen molar-refractivity contribution in [2.24, 2.45) is 0 Å². The Morgan fingerprint density at radius 1 is 0.767 bits per heavy atom. The Bertz CT molecular complexity index is 1120. The van der Waals surface area contributed by atoms with Gasteiger partial charge in [-0.05, 0) is 48.0 Å². The molecule has 6 nitrogen and oxygen atoms in total. The van der Waals surface area contributed by atoms with Gasteiger partial charge < -0.3 is 4.74 Å². The van der Waals surface area contributed by atoms with Gasteiger partial charge >= 0.3 is 6.03 Å². The SMILES string of the molecule is CN1C(=O)N(c2ccc(Oc3ccccc3)cc2)C(=O)/C1=C/c1ccc(C=O)cc1. The molecule has 6 heteroatoms. The summed E-state index contributed by atoms with van der Waals surface area (Å²) in [7, 11) is 1.55. The summed E-state index contributed by atoms with van der Waals surface area (Å²) in [4.78, 5) is 38.9. The van der Waals surface area contributed by atoms with Crippen molar-refractivity contribution in [2.45, 2.75) is 0 Å². The number of rotatable bonds is 5. The molecule has 1 saturated heterocycles. The quantitative estimate of drug-likeness (QED) is 0.354. The van der Waals surface area contributed by atoms with E-state index >= 15 is 0 Å². The monoisotopic (exact) mass is 398 g/mol. The molecule has 1 aliphatic rings. The number of amides is 3. The first-order valence-electron chi connectivity index (χ1n) is 9.29. The largest absolute Gasteiger partial charge is 0.457 e. The number of carbonyl (C=O) groups is 3. The Kier molecular flexibility index (Phi) is 5.13. The van der Waals surface area contributed by atoms with E-state index in [2.05, 4.69) is 0 Å². The van der Waals surface area contributed by atoms with Gasteiger partial charge in [0.15, 0.2) is 0 Å². The molecule has 30 heavy (non-hydrogen) atoms. The second kappa shape index (κ2) is 8.05. The smallest absolute Gasteiger partial charge is 0.336 e. The Labute approximate surface area is 173 Å². The molecule has 0 aromatic heterocycles. The van der Waals surface area contributed by atoms with Crippen molar-refractivity contribution in [3.8, 4) is 11.5 Å². The Morgan fingerprint density at radius 3 is 2.00 bits per heavy atom. The molecule has 0 atom stereocenters. The van der Waals surface area contributed by atoms with Gasteiger partial charge in [0.05, 0.1) is 5.69 Å². The van der Waals surface area contributed by atoms with Crippen molar-refractivity contribution in [3.05, 3.63) is 95.7 Å². The molecule has 148 valence electrons. The van der Waals surface area contributed by atoms with Gasteiger partial charge in [-0.1, -0.05) is 42.5 Å². The van der Waals surface area contributed by atoms with Crippen LogP contribution in [0.3, 0.4) is 0 Å². The van der Waals surface area contributed by atoms with Crippen molar-refractivity contribution < 1.29 is 19.1 Å². The van der Waals surface area contributed by atoms with Gasteiger partial charge in [-0.15, -0.1) is 0 Å². The average molecular weight is 398 g/mol. The normalized spacial score (nSPS) is 15.0. The maximum Gasteiger partial charge on any atom is 0.336 e. The van der Waals surface area contributed by atoms with Gasteiger partial charge in [-0.25, -0.2) is 9.69 Å². The van der Waals surface area contributed by atoms with Gasteiger partial charge in [-0.2, -0.15) is 0 Å². The minimum absolute atomic E-state index is 0.253. The van der Waals surface area contributed by atoms with Crippen molar-refractivity contribution in [3.63, 3.8) is 0 Å². The zero-order chi connectivity index (χ0) is 21.1. The summed E-state index contributed by atoms with van der Waals surface area (Å²) in [5, 5.41) is 0. The summed E-state index contributed by atoms with van der Waals surface area (Å²) in [6.45, 7) is 0. The van der Waals surface area contributed by atoms with E-state index in [9.17, 15) is 14.4 Å². The van der Waals surface area contributed by atoms with Gasteiger partial charge in [0.2, 0.25) is 0 Å². The zero-order valence-corrected chi connectivity index (χ0v) is 16.2. The van der Waals surface area contributed by atoms with Crippen LogP contribution < -0.4 is 9.64 Å². The van der Waals surface area contributed by atoms with Crippen LogP contribution in [0.5, 0.6) is 11.5 Å². The topological polar surface area (TPSA) is 66.9 Å². The third-order valence-corrected chi connectivity index (χ3v) is 4.71. The van der Waals surface area contributed by atoms with E-state index in [1.807, 2.05) is 30.3 Å². The lowest BCUT2D eigenvalue weighted by molar-refractivity contribution is -0.114. The molecular formula is C24H18N2O4. The fourth-order valence-electron chi connectivity index (χ4n) is 3.10. The van der Waals surface area contributed by atoms with Crippen LogP contribution in [-0.4, -0.2) is 30.2 Å². The summed E-state index contributed by atoms with van der Waals surface area (Å²) in [6, 6.07) is 22.4. The molecule has 3 aromatic carbocycles. The molecule has 0 N–H and O–H groups in total. The maximum absolute atomic E-state index is 12.9. The maximum atomic E-state index is 12.9. The van der Waals surface area contributed by atoms with E-state index < -0.39 is 11.9 Å². The number of likely N-dealkylation sites (N-methyl/N-ethyl adjacent to an activating group) is 1. The number of carbonyl (C=O) groups excluding carboxylic acids is 3. The molecule has 4 rings (SSSR count). The van der Waals surface area contributed by atoms with Crippen LogP contribution in [0.1, 0.15) is 15.9 Å². The number of nitrogens with zero attached hydrogens (tertiary/aromatic N) is 2. The van der Waals surface area contributed by atoms with Crippen LogP contribution in [0.25, 0.3) is 6.08 Å². The standard InChI is InChI=1S/C24H18N2O4/c1-25-22(15-17-7-9-18(16-27)10-8-17)23(28)26(24(25)29)19-11-13-21(14-12-19)30-20-5-3-2-4-6-20/h2-16H,1H3/b22-15-. The summed E-state index contributed by atoms with van der Waals surface area (Å²) in [5.41, 5.74) is 1.97. The molecular weight excluding hydrogens is 380 g/mol. The third kappa shape index (κ3) is 3.71. The lowest BCUT2D eigenvalue weighted by atomic mass is 10.1. The first kappa shape index (κ1) is 19.1. The highest BCUT2D eigenvalue weighted by Crippen LogP contribution is 2.30. The average Bonchev–Trinajstić information content (AvgIpc) is 2.99. The van der Waals surface area contributed by atoms with Gasteiger partial charge in [0, 0.05) is 12.6 Å². The highest BCUT2D eigenvalue weighted by Gasteiger charge is 2.39. The molecule has 0 bridgehead atoms. The summed E-state index contributed by atoms with van der Waals surface area (Å²) < 4.78 is 5.75. The molecule has 1 aliphatic heterocycles. The second-order valence-corrected chi connectivity index (χ2v) is 6.71. The number of urea groups is 1. The number of benzene rings is 3. The second-order valence-electron chi connectivity index (χ2n) is 6.71. The Morgan fingerprint density at radius 2 is 1.37 bits per heavy atom. The van der Waals surface area contributed by atoms with Crippen LogP contribution in [0, 0.1) is 0 Å². The number of hydrogen-bond acceptors (Lipinski definition) is 4. The van der Waals surface area contributed by atoms with E-state index in [1.54, 1.807) is 61.7 Å². The van der Waals surface area contributed by atoms with Crippen molar-refractivity contribution in [1.82, 2.24) is 4.90 Å². The summed E-state index contributed by atoms with van der Waals surface area (Å²) in [6.07, 6.45) is 2.38. The molecule has 1 fully saturated rings. The molecule has 0 saturated carbocycles. The first-order valence-corrected chi connectivity index (χ1v) is 9.29. The molecule has 0 spiro atoms. The molecule has 3 amide bonds. The van der Waals surface area contributed by atoms with Gasteiger partial charge in [0.1, 0.15) is 23.5 Å². The predicted molar refractivity (Wildman–Crippen MR) is 113 cm³/mol. The predicted octanol–water partition coefficient (Wildman–Crippen LogP) is 4.73. The highest BCUT2D eigenvalue weighted by atomic mass is 16.5. The van der Waals surface area contributed by atoms with Gasteiger partial charge in [0.25, 0.3) is 5.91 Å². The number of aldehydes is 1. The Balaban J connectivity index is 1.57. The van der Waals surface area contributed by atoms with E-state index in [4.69, 9.17) is 4.74 Å². The van der Waals surface area contributed by atoms with Crippen LogP contribution >= 0.6 is 0 Å². The van der Waals surface area contributed by atoms with Crippen LogP contribution in [0.2, 0.25) is 0 Å². The highest BCUT2D eigenvalue weighted by molar-refractivity contribution is 6.28. The van der Waals surface area contributed by atoms with Crippen LogP contribution in [-0.2, 0) is 4.79 Å². The number of anilines is 1. The number of para-hydroxylation sites is 1. The zero-order valence-electron chi connectivity index (χ0n) is 16.2. The van der Waals surface area contributed by atoms with Crippen molar-refractivity contribution in [1.29, 1.82) is 0 Å². The summed E-state index contributed by atoms with van der Waals surface area (Å²) >= 11 is 0. The minimum Gasteiger partial charge on any atom is -0.457 e. The minimum atomic E-state index is -0.438. The first-order chi connectivity index (χ1) is 14.6. The fraction of sp³-hybridized carbons (Fsp3) is 0.0417. The number of hydrogen-bond donors (Lipinski definition) is 0. The fourth-order valence-corrected chi connectivity index (χ4v) is 3.10. The van der Waals surface area contributed by atoms with Crippen LogP contribution in [0.4, 0.5) is 10.5 Å². The third-order valence-electron chi connectivity index (χ3n) is 4.71. The molecule has 0 unspecified atom stereocenters. The van der Waals surface area contributed by atoms with Crippen molar-refractivity contribution >= 4 is 30.0 Å². The molecule has 0 aliphatic carbocycles. The lowest BCUT2D eigenvalue weighted by Crippen LogP contribution is -2.31. The number of imide groups is 1. The van der Waals surface area contributed by atoms with E-state index in [0.717, 1.165) is 16.7 Å². The number of ether oxygens (including phenoxy) is 1. The lowest BCUT2D eigenvalue weighted by Gasteiger charge is -2.14. The molecule has 1 heterocycles. The van der Waals surface area contributed by atoms with Gasteiger partial charge in [-0.3, -0.25) is 14.5 Å². The van der Waals surface area contributed by atoms with E-state index in [0.29, 0.717) is 22.7 Å². The summed E-state index contributed by atoms with van der Waals surface area (Å²) in [5.74, 6) is 0.881. The van der Waals surface area contributed by atoms with Crippen LogP contribution in [0.15, 0.2) is 84.6 Å². The molecule has 0 radical (unpaired) electrons.